The molecule has 20 heavy (non-hydrogen) atoms. The number of para-hydroxylation sites is 1. The zero-order chi connectivity index (χ0) is 14.0. The van der Waals surface area contributed by atoms with Crippen molar-refractivity contribution < 1.29 is 9.47 Å². The molecule has 4 nitrogen and oxygen atoms in total. The van der Waals surface area contributed by atoms with Crippen LogP contribution in [-0.4, -0.2) is 29.4 Å². The monoisotopic (exact) mass is 272 g/mol. The molecule has 2 rings (SSSR count). The largest absolute Gasteiger partial charge is 0.491 e. The van der Waals surface area contributed by atoms with Crippen molar-refractivity contribution in [1.29, 1.82) is 0 Å². The molecular weight excluding hydrogens is 252 g/mol. The van der Waals surface area contributed by atoms with Crippen molar-refractivity contribution in [3.8, 4) is 5.75 Å². The van der Waals surface area contributed by atoms with Crippen molar-refractivity contribution in [1.82, 2.24) is 9.55 Å². The standard InChI is InChI=1S/C16H20N2O2/c1-2-5-15-6-3-4-7-16(15)20-13-12-19-11-10-18-9-8-17-14-18/h2-4,6-9,14H,1,5,10-13H2. The van der Waals surface area contributed by atoms with E-state index in [9.17, 15) is 0 Å². The zero-order valence-electron chi connectivity index (χ0n) is 11.6. The number of ether oxygens (including phenoxy) is 2. The zero-order valence-corrected chi connectivity index (χ0v) is 11.6. The van der Waals surface area contributed by atoms with Gasteiger partial charge in [-0.1, -0.05) is 24.3 Å². The second-order valence-electron chi connectivity index (χ2n) is 4.36. The Morgan fingerprint density at radius 2 is 2.10 bits per heavy atom. The maximum absolute atomic E-state index is 5.74. The highest BCUT2D eigenvalue weighted by Gasteiger charge is 2.00. The van der Waals surface area contributed by atoms with Gasteiger partial charge in [-0.05, 0) is 18.1 Å². The summed E-state index contributed by atoms with van der Waals surface area (Å²) in [5, 5.41) is 0. The Labute approximate surface area is 119 Å². The van der Waals surface area contributed by atoms with E-state index in [4.69, 9.17) is 9.47 Å². The lowest BCUT2D eigenvalue weighted by atomic mass is 10.1. The van der Waals surface area contributed by atoms with Gasteiger partial charge in [-0.15, -0.1) is 6.58 Å². The first-order valence-corrected chi connectivity index (χ1v) is 6.75. The van der Waals surface area contributed by atoms with Gasteiger partial charge in [0, 0.05) is 18.9 Å². The van der Waals surface area contributed by atoms with Crippen LogP contribution in [0.1, 0.15) is 5.56 Å². The van der Waals surface area contributed by atoms with Gasteiger partial charge in [-0.25, -0.2) is 4.98 Å². The van der Waals surface area contributed by atoms with Gasteiger partial charge < -0.3 is 14.0 Å². The predicted molar refractivity (Wildman–Crippen MR) is 78.9 cm³/mol. The Morgan fingerprint density at radius 3 is 2.90 bits per heavy atom. The van der Waals surface area contributed by atoms with Gasteiger partial charge in [0.05, 0.1) is 19.5 Å². The fraction of sp³-hybridized carbons (Fsp3) is 0.312. The summed E-state index contributed by atoms with van der Waals surface area (Å²) in [7, 11) is 0. The SMILES string of the molecule is C=CCc1ccccc1OCCOCCn1ccnc1. The fourth-order valence-electron chi connectivity index (χ4n) is 1.87. The first-order chi connectivity index (χ1) is 9.90. The van der Waals surface area contributed by atoms with Gasteiger partial charge in [0.2, 0.25) is 0 Å². The van der Waals surface area contributed by atoms with Crippen LogP contribution in [0.3, 0.4) is 0 Å². The molecule has 0 atom stereocenters. The van der Waals surface area contributed by atoms with Crippen LogP contribution >= 0.6 is 0 Å². The first kappa shape index (κ1) is 14.3. The van der Waals surface area contributed by atoms with Gasteiger partial charge in [0.15, 0.2) is 0 Å². The van der Waals surface area contributed by atoms with Crippen LogP contribution in [0.2, 0.25) is 0 Å². The van der Waals surface area contributed by atoms with Crippen molar-refractivity contribution in [3.63, 3.8) is 0 Å². The van der Waals surface area contributed by atoms with Gasteiger partial charge in [0.1, 0.15) is 12.4 Å². The third kappa shape index (κ3) is 4.55. The maximum Gasteiger partial charge on any atom is 0.122 e. The molecule has 0 bridgehead atoms. The molecule has 0 radical (unpaired) electrons. The Balaban J connectivity index is 1.64. The van der Waals surface area contributed by atoms with Crippen LogP contribution < -0.4 is 4.74 Å². The lowest BCUT2D eigenvalue weighted by Gasteiger charge is -2.10. The van der Waals surface area contributed by atoms with E-state index in [2.05, 4.69) is 17.6 Å². The molecule has 0 unspecified atom stereocenters. The molecular formula is C16H20N2O2. The lowest BCUT2D eigenvalue weighted by molar-refractivity contribution is 0.0941. The van der Waals surface area contributed by atoms with E-state index in [1.807, 2.05) is 35.0 Å². The van der Waals surface area contributed by atoms with E-state index in [0.29, 0.717) is 19.8 Å². The Hall–Kier alpha value is -2.07. The first-order valence-electron chi connectivity index (χ1n) is 6.75. The minimum Gasteiger partial charge on any atom is -0.491 e. The average molecular weight is 272 g/mol. The van der Waals surface area contributed by atoms with Gasteiger partial charge in [-0.3, -0.25) is 0 Å². The van der Waals surface area contributed by atoms with Gasteiger partial charge in [-0.2, -0.15) is 0 Å². The quantitative estimate of drug-likeness (QED) is 0.520. The molecule has 0 N–H and O–H groups in total. The second-order valence-corrected chi connectivity index (χ2v) is 4.36. The molecule has 0 saturated heterocycles. The van der Waals surface area contributed by atoms with Crippen LogP contribution in [0.5, 0.6) is 5.75 Å². The number of imidazole rings is 1. The molecule has 0 aliphatic carbocycles. The average Bonchev–Trinajstić information content (AvgIpc) is 2.98. The number of rotatable bonds is 9. The van der Waals surface area contributed by atoms with E-state index < -0.39 is 0 Å². The molecule has 0 aliphatic rings. The van der Waals surface area contributed by atoms with Crippen LogP contribution in [0.15, 0.2) is 55.6 Å². The van der Waals surface area contributed by atoms with Gasteiger partial charge >= 0.3 is 0 Å². The minimum absolute atomic E-state index is 0.554. The van der Waals surface area contributed by atoms with Crippen molar-refractivity contribution in [2.24, 2.45) is 0 Å². The molecule has 0 amide bonds. The minimum atomic E-state index is 0.554. The summed E-state index contributed by atoms with van der Waals surface area (Å²) in [6.07, 6.45) is 8.16. The highest BCUT2D eigenvalue weighted by molar-refractivity contribution is 5.34. The Kier molecular flexibility index (Phi) is 5.86. The Bertz CT molecular complexity index is 509. The third-order valence-electron chi connectivity index (χ3n) is 2.88. The molecule has 1 heterocycles. The predicted octanol–water partition coefficient (Wildman–Crippen LogP) is 2.71. The number of hydrogen-bond acceptors (Lipinski definition) is 3. The van der Waals surface area contributed by atoms with Crippen molar-refractivity contribution in [2.45, 2.75) is 13.0 Å². The third-order valence-corrected chi connectivity index (χ3v) is 2.88. The summed E-state index contributed by atoms with van der Waals surface area (Å²) in [6.45, 7) is 6.36. The fourth-order valence-corrected chi connectivity index (χ4v) is 1.87. The topological polar surface area (TPSA) is 36.3 Å². The highest BCUT2D eigenvalue weighted by atomic mass is 16.5. The number of hydrogen-bond donors (Lipinski definition) is 0. The molecule has 106 valence electrons. The van der Waals surface area contributed by atoms with Crippen LogP contribution in [-0.2, 0) is 17.7 Å². The van der Waals surface area contributed by atoms with Crippen molar-refractivity contribution in [2.75, 3.05) is 19.8 Å². The van der Waals surface area contributed by atoms with E-state index in [1.54, 1.807) is 12.5 Å². The van der Waals surface area contributed by atoms with E-state index in [1.165, 1.54) is 0 Å². The molecule has 1 aromatic carbocycles. The molecule has 0 aliphatic heterocycles. The molecule has 1 aromatic heterocycles. The summed E-state index contributed by atoms with van der Waals surface area (Å²) < 4.78 is 13.3. The normalized spacial score (nSPS) is 10.4. The number of nitrogens with zero attached hydrogens (tertiary/aromatic N) is 2. The van der Waals surface area contributed by atoms with Crippen LogP contribution in [0.4, 0.5) is 0 Å². The summed E-state index contributed by atoms with van der Waals surface area (Å²) in [5.41, 5.74) is 1.15. The van der Waals surface area contributed by atoms with E-state index in [0.717, 1.165) is 24.3 Å². The number of benzene rings is 1. The van der Waals surface area contributed by atoms with Crippen molar-refractivity contribution in [3.05, 3.63) is 61.2 Å². The smallest absolute Gasteiger partial charge is 0.122 e. The number of allylic oxidation sites excluding steroid dienone is 1. The summed E-state index contributed by atoms with van der Waals surface area (Å²) in [5.74, 6) is 0.908. The van der Waals surface area contributed by atoms with E-state index in [-0.39, 0.29) is 0 Å². The highest BCUT2D eigenvalue weighted by Crippen LogP contribution is 2.18. The van der Waals surface area contributed by atoms with Crippen LogP contribution in [0, 0.1) is 0 Å². The van der Waals surface area contributed by atoms with E-state index >= 15 is 0 Å². The molecule has 0 spiro atoms. The number of aromatic nitrogens is 2. The molecule has 0 saturated carbocycles. The molecule has 0 fully saturated rings. The van der Waals surface area contributed by atoms with Crippen LogP contribution in [0.25, 0.3) is 0 Å². The lowest BCUT2D eigenvalue weighted by Crippen LogP contribution is -2.11. The maximum atomic E-state index is 5.74. The summed E-state index contributed by atoms with van der Waals surface area (Å²) >= 11 is 0. The second kappa shape index (κ2) is 8.17. The molecule has 2 aromatic rings. The molecule has 4 heteroatoms. The summed E-state index contributed by atoms with van der Waals surface area (Å²) in [4.78, 5) is 3.98. The summed E-state index contributed by atoms with van der Waals surface area (Å²) in [6, 6.07) is 8.01. The Morgan fingerprint density at radius 1 is 1.20 bits per heavy atom. The van der Waals surface area contributed by atoms with Gasteiger partial charge in [0.25, 0.3) is 0 Å². The van der Waals surface area contributed by atoms with Crippen molar-refractivity contribution >= 4 is 0 Å².